The summed E-state index contributed by atoms with van der Waals surface area (Å²) in [5.41, 5.74) is 0.199. The van der Waals surface area contributed by atoms with Crippen LogP contribution in [0.4, 0.5) is 11.4 Å². The molecule has 163 valence electrons. The van der Waals surface area contributed by atoms with Crippen molar-refractivity contribution in [3.63, 3.8) is 0 Å². The van der Waals surface area contributed by atoms with Crippen LogP contribution < -0.4 is 0 Å². The monoisotopic (exact) mass is 467 g/mol. The fraction of sp³-hybridized carbons (Fsp3) is 0.300. The van der Waals surface area contributed by atoms with Crippen molar-refractivity contribution < 1.29 is 37.1 Å². The third kappa shape index (κ3) is 6.09. The molecule has 1 saturated carbocycles. The van der Waals surface area contributed by atoms with E-state index in [0.29, 0.717) is 0 Å². The fourth-order valence-electron chi connectivity index (χ4n) is 3.31. The number of rotatable bonds is 6. The first kappa shape index (κ1) is 24.0. The SMILES string of the molecule is O=[N+]([O-])c1ccc(O)c(C=NC2CCCCC2N=Cc2cc([N+](=O)[O-])ccc2O)c1.[Mn]. The molecule has 1 aliphatic carbocycles. The predicted octanol–water partition coefficient (Wildman–Crippen LogP) is 3.76. The number of aromatic hydroxyl groups is 2. The van der Waals surface area contributed by atoms with Crippen LogP contribution in [0.15, 0.2) is 46.4 Å². The van der Waals surface area contributed by atoms with Crippen molar-refractivity contribution in [1.29, 1.82) is 0 Å². The molecule has 31 heavy (non-hydrogen) atoms. The minimum absolute atomic E-state index is 0. The van der Waals surface area contributed by atoms with Gasteiger partial charge in [-0.15, -0.1) is 0 Å². The Labute approximate surface area is 188 Å². The zero-order chi connectivity index (χ0) is 21.7. The summed E-state index contributed by atoms with van der Waals surface area (Å²) in [7, 11) is 0. The molecule has 0 aromatic heterocycles. The van der Waals surface area contributed by atoms with Gasteiger partial charge in [0.1, 0.15) is 11.5 Å². The van der Waals surface area contributed by atoms with Gasteiger partial charge in [-0.2, -0.15) is 0 Å². The van der Waals surface area contributed by atoms with Crippen molar-refractivity contribution in [2.75, 3.05) is 0 Å². The fourth-order valence-corrected chi connectivity index (χ4v) is 3.31. The molecule has 0 amide bonds. The molecule has 2 unspecified atom stereocenters. The molecule has 0 saturated heterocycles. The number of non-ortho nitro benzene ring substituents is 2. The standard InChI is InChI=1S/C20H20N4O6.Mn/c25-19-7-5-15(23(27)28)9-13(19)11-21-17-3-1-2-4-18(17)22-12-14-10-16(24(29)30)6-8-20(14)26;/h5-12,17-18,25-26H,1-4H2;. The number of nitrogens with zero attached hydrogens (tertiary/aromatic N) is 4. The van der Waals surface area contributed by atoms with Crippen molar-refractivity contribution in [2.45, 2.75) is 37.8 Å². The van der Waals surface area contributed by atoms with E-state index >= 15 is 0 Å². The summed E-state index contributed by atoms with van der Waals surface area (Å²) < 4.78 is 0. The van der Waals surface area contributed by atoms with Crippen LogP contribution in [0.5, 0.6) is 11.5 Å². The number of aliphatic imine (C=N–C) groups is 2. The Kier molecular flexibility index (Phi) is 8.23. The van der Waals surface area contributed by atoms with E-state index in [1.54, 1.807) is 0 Å². The molecule has 10 nitrogen and oxygen atoms in total. The van der Waals surface area contributed by atoms with Crippen molar-refractivity contribution in [3.8, 4) is 11.5 Å². The van der Waals surface area contributed by atoms with Crippen LogP contribution in [-0.4, -0.2) is 44.6 Å². The molecule has 0 bridgehead atoms. The first-order valence-electron chi connectivity index (χ1n) is 9.36. The quantitative estimate of drug-likeness (QED) is 0.286. The number of nitro benzene ring substituents is 2. The second-order valence-electron chi connectivity index (χ2n) is 6.98. The van der Waals surface area contributed by atoms with Gasteiger partial charge in [-0.3, -0.25) is 30.2 Å². The largest absolute Gasteiger partial charge is 0.507 e. The Hall–Kier alpha value is -3.30. The molecule has 0 heterocycles. The number of benzene rings is 2. The molecular weight excluding hydrogens is 447 g/mol. The number of hydrogen-bond donors (Lipinski definition) is 2. The summed E-state index contributed by atoms with van der Waals surface area (Å²) in [6, 6.07) is 7.01. The van der Waals surface area contributed by atoms with Crippen molar-refractivity contribution in [2.24, 2.45) is 9.98 Å². The maximum absolute atomic E-state index is 10.9. The smallest absolute Gasteiger partial charge is 0.270 e. The van der Waals surface area contributed by atoms with Crippen LogP contribution in [-0.2, 0) is 17.1 Å². The van der Waals surface area contributed by atoms with E-state index in [4.69, 9.17) is 0 Å². The molecule has 2 aromatic carbocycles. The van der Waals surface area contributed by atoms with Crippen LogP contribution in [0.3, 0.4) is 0 Å². The maximum Gasteiger partial charge on any atom is 0.270 e. The molecule has 0 aliphatic heterocycles. The van der Waals surface area contributed by atoms with Crippen molar-refractivity contribution in [1.82, 2.24) is 0 Å². The van der Waals surface area contributed by atoms with Gasteiger partial charge in [0, 0.05) is 64.9 Å². The molecule has 1 aliphatic rings. The zero-order valence-electron chi connectivity index (χ0n) is 16.3. The average molecular weight is 467 g/mol. The van der Waals surface area contributed by atoms with Crippen molar-refractivity contribution in [3.05, 3.63) is 67.8 Å². The van der Waals surface area contributed by atoms with Gasteiger partial charge in [0.05, 0.1) is 21.9 Å². The van der Waals surface area contributed by atoms with Crippen LogP contribution in [0.1, 0.15) is 36.8 Å². The molecule has 11 heteroatoms. The topological polar surface area (TPSA) is 151 Å². The molecule has 2 aromatic rings. The molecule has 1 fully saturated rings. The van der Waals surface area contributed by atoms with E-state index < -0.39 is 9.85 Å². The second kappa shape index (κ2) is 10.6. The Bertz CT molecular complexity index is 945. The summed E-state index contributed by atoms with van der Waals surface area (Å²) in [6.07, 6.45) is 6.19. The molecule has 3 rings (SSSR count). The van der Waals surface area contributed by atoms with Gasteiger partial charge in [-0.25, -0.2) is 0 Å². The van der Waals surface area contributed by atoms with E-state index in [-0.39, 0.29) is 63.2 Å². The summed E-state index contributed by atoms with van der Waals surface area (Å²) in [5.74, 6) is -0.219. The van der Waals surface area contributed by atoms with E-state index in [1.807, 2.05) is 0 Å². The maximum atomic E-state index is 10.9. The Balaban J connectivity index is 0.00000341. The van der Waals surface area contributed by atoms with E-state index in [0.717, 1.165) is 25.7 Å². The zero-order valence-corrected chi connectivity index (χ0v) is 17.5. The first-order valence-corrected chi connectivity index (χ1v) is 9.36. The summed E-state index contributed by atoms with van der Waals surface area (Å²) >= 11 is 0. The molecule has 2 N–H and O–H groups in total. The summed E-state index contributed by atoms with van der Waals surface area (Å²) in [4.78, 5) is 29.7. The third-order valence-corrected chi connectivity index (χ3v) is 4.95. The van der Waals surface area contributed by atoms with E-state index in [1.165, 1.54) is 48.8 Å². The number of phenols is 2. The molecular formula is C20H20MnN4O6. The predicted molar refractivity (Wildman–Crippen MR) is 111 cm³/mol. The van der Waals surface area contributed by atoms with Gasteiger partial charge in [0.25, 0.3) is 11.4 Å². The van der Waals surface area contributed by atoms with Crippen LogP contribution in [0.25, 0.3) is 0 Å². The van der Waals surface area contributed by atoms with Gasteiger partial charge in [-0.05, 0) is 25.0 Å². The van der Waals surface area contributed by atoms with Crippen LogP contribution >= 0.6 is 0 Å². The Morgan fingerprint density at radius 1 is 0.806 bits per heavy atom. The average Bonchev–Trinajstić information content (AvgIpc) is 2.72. The van der Waals surface area contributed by atoms with Gasteiger partial charge in [0.2, 0.25) is 0 Å². The molecule has 0 spiro atoms. The van der Waals surface area contributed by atoms with E-state index in [2.05, 4.69) is 9.98 Å². The second-order valence-corrected chi connectivity index (χ2v) is 6.98. The van der Waals surface area contributed by atoms with Gasteiger partial charge >= 0.3 is 0 Å². The number of nitro groups is 2. The third-order valence-electron chi connectivity index (χ3n) is 4.95. The minimum Gasteiger partial charge on any atom is -0.507 e. The van der Waals surface area contributed by atoms with Crippen LogP contribution in [0, 0.1) is 20.2 Å². The van der Waals surface area contributed by atoms with E-state index in [9.17, 15) is 30.4 Å². The number of hydrogen-bond acceptors (Lipinski definition) is 8. The summed E-state index contributed by atoms with van der Waals surface area (Å²) in [5, 5.41) is 41.7. The molecule has 1 radical (unpaired) electrons. The first-order chi connectivity index (χ1) is 14.3. The minimum atomic E-state index is -0.546. The number of phenolic OH excluding ortho intramolecular Hbond substituents is 2. The normalized spacial score (nSPS) is 18.7. The Morgan fingerprint density at radius 3 is 1.55 bits per heavy atom. The van der Waals surface area contributed by atoms with Crippen molar-refractivity contribution >= 4 is 23.8 Å². The summed E-state index contributed by atoms with van der Waals surface area (Å²) in [6.45, 7) is 0. The van der Waals surface area contributed by atoms with Gasteiger partial charge in [0.15, 0.2) is 0 Å². The van der Waals surface area contributed by atoms with Gasteiger partial charge in [-0.1, -0.05) is 12.8 Å². The van der Waals surface area contributed by atoms with Crippen LogP contribution in [0.2, 0.25) is 0 Å². The Morgan fingerprint density at radius 2 is 1.19 bits per heavy atom. The van der Waals surface area contributed by atoms with Gasteiger partial charge < -0.3 is 10.2 Å². The molecule has 2 atom stereocenters.